The lowest BCUT2D eigenvalue weighted by Gasteiger charge is -2.46. The molecule has 0 aromatic heterocycles. The van der Waals surface area contributed by atoms with E-state index in [4.69, 9.17) is 5.73 Å². The summed E-state index contributed by atoms with van der Waals surface area (Å²) in [4.78, 5) is 39.9. The van der Waals surface area contributed by atoms with Crippen molar-refractivity contribution in [1.82, 2.24) is 4.90 Å². The molecule has 10 heteroatoms. The molecular formula is C27H31FN2O7. The maximum atomic E-state index is 15.9. The lowest BCUT2D eigenvalue weighted by Crippen LogP contribution is -2.58. The van der Waals surface area contributed by atoms with Gasteiger partial charge in [-0.1, -0.05) is 19.8 Å². The smallest absolute Gasteiger partial charge is 0.255 e. The molecule has 0 bridgehead atoms. The number of benzene rings is 1. The Hall–Kier alpha value is -3.24. The van der Waals surface area contributed by atoms with Crippen LogP contribution in [0.15, 0.2) is 23.0 Å². The minimum absolute atomic E-state index is 0.0312. The van der Waals surface area contributed by atoms with Crippen LogP contribution in [0, 0.1) is 17.7 Å². The molecule has 2 fully saturated rings. The number of phenols is 1. The maximum Gasteiger partial charge on any atom is 0.255 e. The SMILES string of the molecule is CCN(Cc1cc(O)c2c(c1F)C[C@H]1CC3CC(=O)C(C(N)=O)=C(O)[C@@]3(O)C(=O)C1=C2O)C1CCCC1. The quantitative estimate of drug-likeness (QED) is 0.374. The molecular weight excluding hydrogens is 483 g/mol. The number of ketones is 2. The van der Waals surface area contributed by atoms with Gasteiger partial charge >= 0.3 is 0 Å². The Kier molecular flexibility index (Phi) is 6.15. The molecule has 0 radical (unpaired) electrons. The first-order valence-corrected chi connectivity index (χ1v) is 12.7. The fourth-order valence-corrected chi connectivity index (χ4v) is 6.83. The summed E-state index contributed by atoms with van der Waals surface area (Å²) < 4.78 is 15.9. The van der Waals surface area contributed by atoms with E-state index in [-0.39, 0.29) is 29.5 Å². The first-order valence-electron chi connectivity index (χ1n) is 12.7. The van der Waals surface area contributed by atoms with Crippen LogP contribution in [0.4, 0.5) is 4.39 Å². The fourth-order valence-electron chi connectivity index (χ4n) is 6.83. The molecule has 0 aliphatic heterocycles. The van der Waals surface area contributed by atoms with Crippen LogP contribution < -0.4 is 5.73 Å². The number of hydrogen-bond donors (Lipinski definition) is 5. The summed E-state index contributed by atoms with van der Waals surface area (Å²) in [7, 11) is 0. The molecule has 1 amide bonds. The number of amides is 1. The van der Waals surface area contributed by atoms with Gasteiger partial charge in [0.2, 0.25) is 5.78 Å². The number of nitrogens with two attached hydrogens (primary N) is 1. The van der Waals surface area contributed by atoms with E-state index in [1.165, 1.54) is 6.07 Å². The molecule has 0 heterocycles. The lowest BCUT2D eigenvalue weighted by molar-refractivity contribution is -0.147. The Morgan fingerprint density at radius 1 is 1.19 bits per heavy atom. The summed E-state index contributed by atoms with van der Waals surface area (Å²) in [6, 6.07) is 1.60. The van der Waals surface area contributed by atoms with Crippen LogP contribution in [0.3, 0.4) is 0 Å². The number of rotatable bonds is 5. The minimum atomic E-state index is -2.63. The van der Waals surface area contributed by atoms with Gasteiger partial charge in [-0.3, -0.25) is 19.3 Å². The molecule has 37 heavy (non-hydrogen) atoms. The number of aliphatic hydroxyl groups is 3. The average Bonchev–Trinajstić information content (AvgIpc) is 3.37. The Labute approximate surface area is 213 Å². The highest BCUT2D eigenvalue weighted by Crippen LogP contribution is 2.52. The molecule has 3 atom stereocenters. The van der Waals surface area contributed by atoms with E-state index in [9.17, 15) is 34.8 Å². The van der Waals surface area contributed by atoms with Crippen LogP contribution in [0.2, 0.25) is 0 Å². The van der Waals surface area contributed by atoms with E-state index in [1.54, 1.807) is 0 Å². The number of carbonyl (C=O) groups is 3. The molecule has 6 N–H and O–H groups in total. The van der Waals surface area contributed by atoms with Gasteiger partial charge in [0.25, 0.3) is 5.91 Å². The van der Waals surface area contributed by atoms with Gasteiger partial charge in [0, 0.05) is 41.6 Å². The second-order valence-electron chi connectivity index (χ2n) is 10.6. The van der Waals surface area contributed by atoms with Gasteiger partial charge in [0.15, 0.2) is 11.4 Å². The predicted octanol–water partition coefficient (Wildman–Crippen LogP) is 2.33. The van der Waals surface area contributed by atoms with Gasteiger partial charge < -0.3 is 26.2 Å². The van der Waals surface area contributed by atoms with Crippen LogP contribution >= 0.6 is 0 Å². The number of hydrogen-bond acceptors (Lipinski definition) is 8. The van der Waals surface area contributed by atoms with Crippen molar-refractivity contribution in [1.29, 1.82) is 0 Å². The van der Waals surface area contributed by atoms with Crippen LogP contribution in [-0.4, -0.2) is 61.0 Å². The summed E-state index contributed by atoms with van der Waals surface area (Å²) in [5.41, 5.74) is 1.57. The number of aromatic hydroxyl groups is 1. The zero-order valence-electron chi connectivity index (χ0n) is 20.6. The van der Waals surface area contributed by atoms with Gasteiger partial charge in [0.05, 0.1) is 5.56 Å². The number of nitrogens with zero attached hydrogens (tertiary/aromatic N) is 1. The molecule has 0 saturated heterocycles. The molecule has 2 saturated carbocycles. The van der Waals surface area contributed by atoms with Crippen molar-refractivity contribution in [2.75, 3.05) is 6.54 Å². The number of halogens is 1. The fraction of sp³-hybridized carbons (Fsp3) is 0.519. The van der Waals surface area contributed by atoms with E-state index in [0.717, 1.165) is 25.7 Å². The standard InChI is InChI=1S/C27H31FN2O7/c1-2-30(15-5-3-4-6-15)11-13-9-17(31)20-16(22(13)28)8-12-7-14-10-18(32)21(26(29)36)25(35)27(14,37)24(34)19(12)23(20)33/h9,12,14-15,31,33,35,37H,2-8,10-11H2,1H3,(H2,29,36)/t12-,14?,27+/m1/s1. The zero-order valence-corrected chi connectivity index (χ0v) is 20.6. The summed E-state index contributed by atoms with van der Waals surface area (Å²) in [5.74, 6) is -7.79. The summed E-state index contributed by atoms with van der Waals surface area (Å²) >= 11 is 0. The highest BCUT2D eigenvalue weighted by Gasteiger charge is 2.60. The van der Waals surface area contributed by atoms with Crippen LogP contribution in [0.25, 0.3) is 5.76 Å². The van der Waals surface area contributed by atoms with Gasteiger partial charge in [-0.05, 0) is 44.2 Å². The Balaban J connectivity index is 1.58. The van der Waals surface area contributed by atoms with E-state index in [0.29, 0.717) is 24.7 Å². The topological polar surface area (TPSA) is 161 Å². The second kappa shape index (κ2) is 8.95. The van der Waals surface area contributed by atoms with E-state index < -0.39 is 70.0 Å². The van der Waals surface area contributed by atoms with Crippen molar-refractivity contribution in [2.45, 2.75) is 70.1 Å². The number of primary amides is 1. The number of carbonyl (C=O) groups excluding carboxylic acids is 3. The van der Waals surface area contributed by atoms with Crippen molar-refractivity contribution >= 4 is 23.2 Å². The summed E-state index contributed by atoms with van der Waals surface area (Å²) in [6.45, 7) is 3.01. The Bertz CT molecular complexity index is 1280. The highest BCUT2D eigenvalue weighted by atomic mass is 19.1. The van der Waals surface area contributed by atoms with Crippen LogP contribution in [0.1, 0.15) is 62.1 Å². The molecule has 198 valence electrons. The Morgan fingerprint density at radius 3 is 2.49 bits per heavy atom. The normalized spacial score (nSPS) is 28.0. The summed E-state index contributed by atoms with van der Waals surface area (Å²) in [5, 5.41) is 43.8. The first kappa shape index (κ1) is 25.4. The van der Waals surface area contributed by atoms with E-state index >= 15 is 4.39 Å². The molecule has 4 aliphatic carbocycles. The first-order chi connectivity index (χ1) is 17.5. The highest BCUT2D eigenvalue weighted by molar-refractivity contribution is 6.22. The largest absolute Gasteiger partial charge is 0.508 e. The summed E-state index contributed by atoms with van der Waals surface area (Å²) in [6.07, 6.45) is 3.82. The second-order valence-corrected chi connectivity index (χ2v) is 10.6. The maximum absolute atomic E-state index is 15.9. The van der Waals surface area contributed by atoms with Crippen LogP contribution in [-0.2, 0) is 27.3 Å². The van der Waals surface area contributed by atoms with Crippen molar-refractivity contribution in [3.8, 4) is 5.75 Å². The van der Waals surface area contributed by atoms with Crippen molar-refractivity contribution in [2.24, 2.45) is 17.6 Å². The molecule has 1 aromatic carbocycles. The van der Waals surface area contributed by atoms with Gasteiger partial charge in [0.1, 0.15) is 28.7 Å². The third-order valence-electron chi connectivity index (χ3n) is 8.69. The van der Waals surface area contributed by atoms with Crippen LogP contribution in [0.5, 0.6) is 5.75 Å². The Morgan fingerprint density at radius 2 is 1.86 bits per heavy atom. The molecule has 1 unspecified atom stereocenters. The van der Waals surface area contributed by atoms with Crippen molar-refractivity contribution in [3.05, 3.63) is 45.5 Å². The lowest BCUT2D eigenvalue weighted by atomic mass is 9.59. The van der Waals surface area contributed by atoms with Crippen molar-refractivity contribution < 1.29 is 39.2 Å². The third kappa shape index (κ3) is 3.68. The molecule has 4 aliphatic rings. The zero-order chi connectivity index (χ0) is 26.8. The predicted molar refractivity (Wildman–Crippen MR) is 130 cm³/mol. The molecule has 0 spiro atoms. The monoisotopic (exact) mass is 514 g/mol. The molecule has 9 nitrogen and oxygen atoms in total. The number of fused-ring (bicyclic) bond motifs is 3. The average molecular weight is 515 g/mol. The van der Waals surface area contributed by atoms with Crippen molar-refractivity contribution in [3.63, 3.8) is 0 Å². The van der Waals surface area contributed by atoms with Gasteiger partial charge in [-0.15, -0.1) is 0 Å². The number of aliphatic hydroxyl groups excluding tert-OH is 2. The number of Topliss-reactive ketones (excluding diaryl/α,β-unsaturated/α-hetero) is 2. The molecule has 1 aromatic rings. The molecule has 5 rings (SSSR count). The van der Waals surface area contributed by atoms with E-state index in [1.807, 2.05) is 6.92 Å². The van der Waals surface area contributed by atoms with Gasteiger partial charge in [-0.2, -0.15) is 0 Å². The third-order valence-corrected chi connectivity index (χ3v) is 8.69. The number of phenolic OH excluding ortho intramolecular Hbond substituents is 1. The van der Waals surface area contributed by atoms with E-state index in [2.05, 4.69) is 4.90 Å². The minimum Gasteiger partial charge on any atom is -0.508 e. The van der Waals surface area contributed by atoms with Gasteiger partial charge in [-0.25, -0.2) is 4.39 Å².